The third-order valence-electron chi connectivity index (χ3n) is 2.93. The highest BCUT2D eigenvalue weighted by Crippen LogP contribution is 2.40. The van der Waals surface area contributed by atoms with Crippen LogP contribution in [-0.4, -0.2) is 24.5 Å². The summed E-state index contributed by atoms with van der Waals surface area (Å²) >= 11 is 0. The Morgan fingerprint density at radius 3 is 3.00 bits per heavy atom. The third kappa shape index (κ3) is 1.54. The van der Waals surface area contributed by atoms with Crippen molar-refractivity contribution >= 4 is 11.8 Å². The van der Waals surface area contributed by atoms with Crippen LogP contribution in [0.2, 0.25) is 0 Å². The van der Waals surface area contributed by atoms with Crippen molar-refractivity contribution in [2.45, 2.75) is 32.8 Å². The van der Waals surface area contributed by atoms with Gasteiger partial charge in [0.25, 0.3) is 0 Å². The first-order valence-corrected chi connectivity index (χ1v) is 5.22. The highest BCUT2D eigenvalue weighted by Gasteiger charge is 2.47. The molecule has 0 N–H and O–H groups in total. The fourth-order valence-electron chi connectivity index (χ4n) is 2.28. The summed E-state index contributed by atoms with van der Waals surface area (Å²) in [6, 6.07) is 0. The van der Waals surface area contributed by atoms with Gasteiger partial charge in [0.05, 0.1) is 12.2 Å². The molecule has 0 aromatic heterocycles. The van der Waals surface area contributed by atoms with Crippen LogP contribution in [0, 0.1) is 5.92 Å². The van der Waals surface area contributed by atoms with E-state index in [0.29, 0.717) is 30.8 Å². The van der Waals surface area contributed by atoms with E-state index in [1.165, 1.54) is 0 Å². The zero-order valence-corrected chi connectivity index (χ0v) is 8.91. The molecule has 15 heavy (non-hydrogen) atoms. The lowest BCUT2D eigenvalue weighted by atomic mass is 9.97. The van der Waals surface area contributed by atoms with Crippen molar-refractivity contribution in [1.29, 1.82) is 0 Å². The minimum Gasteiger partial charge on any atom is -0.486 e. The molecule has 0 spiro atoms. The minimum atomic E-state index is -0.426. The maximum Gasteiger partial charge on any atom is 0.337 e. The highest BCUT2D eigenvalue weighted by atomic mass is 16.5. The topological polar surface area (TPSA) is 52.6 Å². The second kappa shape index (κ2) is 3.68. The Morgan fingerprint density at radius 2 is 2.33 bits per heavy atom. The summed E-state index contributed by atoms with van der Waals surface area (Å²) in [5.74, 6) is 0.240. The summed E-state index contributed by atoms with van der Waals surface area (Å²) < 4.78 is 10.4. The zero-order chi connectivity index (χ0) is 11.0. The zero-order valence-electron chi connectivity index (χ0n) is 8.91. The Labute approximate surface area is 88.2 Å². The predicted octanol–water partition coefficient (Wildman–Crippen LogP) is 1.20. The highest BCUT2D eigenvalue weighted by molar-refractivity contribution is 5.95. The van der Waals surface area contributed by atoms with E-state index in [1.54, 1.807) is 13.8 Å². The average Bonchev–Trinajstić information content (AvgIpc) is 2.67. The standard InChI is InChI=1S/C11H14O4/c1-3-14-11(13)9-6(2)15-10-7(9)4-5-8(10)12/h7,10H,3-5H2,1-2H3. The molecule has 1 aliphatic carbocycles. The second-order valence-corrected chi connectivity index (χ2v) is 3.84. The molecule has 0 aromatic carbocycles. The lowest BCUT2D eigenvalue weighted by Crippen LogP contribution is -2.22. The Hall–Kier alpha value is -1.32. The van der Waals surface area contributed by atoms with Gasteiger partial charge in [0.1, 0.15) is 5.76 Å². The van der Waals surface area contributed by atoms with E-state index in [-0.39, 0.29) is 17.7 Å². The predicted molar refractivity (Wildman–Crippen MR) is 51.9 cm³/mol. The van der Waals surface area contributed by atoms with Gasteiger partial charge in [-0.15, -0.1) is 0 Å². The molecule has 1 fully saturated rings. The fraction of sp³-hybridized carbons (Fsp3) is 0.636. The van der Waals surface area contributed by atoms with Crippen LogP contribution in [0.25, 0.3) is 0 Å². The summed E-state index contributed by atoms with van der Waals surface area (Å²) in [6.07, 6.45) is 0.782. The van der Waals surface area contributed by atoms with E-state index in [2.05, 4.69) is 0 Å². The Kier molecular flexibility index (Phi) is 2.50. The number of rotatable bonds is 2. The Balaban J connectivity index is 2.21. The lowest BCUT2D eigenvalue weighted by molar-refractivity contribution is -0.139. The molecule has 82 valence electrons. The molecule has 0 amide bonds. The van der Waals surface area contributed by atoms with E-state index in [0.717, 1.165) is 0 Å². The van der Waals surface area contributed by atoms with Gasteiger partial charge in [-0.05, 0) is 20.3 Å². The van der Waals surface area contributed by atoms with Crippen molar-refractivity contribution in [3.63, 3.8) is 0 Å². The molecule has 0 saturated heterocycles. The maximum absolute atomic E-state index is 11.6. The summed E-state index contributed by atoms with van der Waals surface area (Å²) in [4.78, 5) is 23.1. The molecule has 2 unspecified atom stereocenters. The summed E-state index contributed by atoms with van der Waals surface area (Å²) in [5, 5.41) is 0. The molecule has 2 atom stereocenters. The molecule has 1 heterocycles. The van der Waals surface area contributed by atoms with Crippen LogP contribution in [0.15, 0.2) is 11.3 Å². The van der Waals surface area contributed by atoms with Gasteiger partial charge < -0.3 is 9.47 Å². The van der Waals surface area contributed by atoms with E-state index < -0.39 is 6.10 Å². The number of carbonyl (C=O) groups excluding carboxylic acids is 2. The van der Waals surface area contributed by atoms with Crippen molar-refractivity contribution in [3.8, 4) is 0 Å². The number of esters is 1. The summed E-state index contributed by atoms with van der Waals surface area (Å²) in [6.45, 7) is 3.83. The number of ketones is 1. The maximum atomic E-state index is 11.6. The Bertz CT molecular complexity index is 342. The number of hydrogen-bond donors (Lipinski definition) is 0. The van der Waals surface area contributed by atoms with Crippen molar-refractivity contribution in [3.05, 3.63) is 11.3 Å². The number of ether oxygens (including phenoxy) is 2. The van der Waals surface area contributed by atoms with Crippen LogP contribution in [0.5, 0.6) is 0 Å². The molecular formula is C11H14O4. The monoisotopic (exact) mass is 210 g/mol. The molecule has 4 heteroatoms. The number of carbonyl (C=O) groups is 2. The molecule has 4 nitrogen and oxygen atoms in total. The van der Waals surface area contributed by atoms with Gasteiger partial charge in [0.2, 0.25) is 0 Å². The molecular weight excluding hydrogens is 196 g/mol. The average molecular weight is 210 g/mol. The van der Waals surface area contributed by atoms with Gasteiger partial charge in [-0.2, -0.15) is 0 Å². The van der Waals surface area contributed by atoms with E-state index >= 15 is 0 Å². The molecule has 0 bridgehead atoms. The minimum absolute atomic E-state index is 0.0726. The molecule has 2 rings (SSSR count). The lowest BCUT2D eigenvalue weighted by Gasteiger charge is -2.09. The van der Waals surface area contributed by atoms with E-state index in [9.17, 15) is 9.59 Å². The van der Waals surface area contributed by atoms with Gasteiger partial charge in [-0.1, -0.05) is 0 Å². The quantitative estimate of drug-likeness (QED) is 0.643. The smallest absolute Gasteiger partial charge is 0.337 e. The first kappa shape index (κ1) is 10.2. The molecule has 0 radical (unpaired) electrons. The van der Waals surface area contributed by atoms with Crippen molar-refractivity contribution < 1.29 is 19.1 Å². The fourth-order valence-corrected chi connectivity index (χ4v) is 2.28. The number of Topliss-reactive ketones (excluding diaryl/α,β-unsaturated/α-hetero) is 1. The Morgan fingerprint density at radius 1 is 1.60 bits per heavy atom. The molecule has 0 aromatic rings. The molecule has 1 aliphatic heterocycles. The third-order valence-corrected chi connectivity index (χ3v) is 2.93. The van der Waals surface area contributed by atoms with E-state index in [1.807, 2.05) is 0 Å². The molecule has 1 saturated carbocycles. The first-order valence-electron chi connectivity index (χ1n) is 5.22. The van der Waals surface area contributed by atoms with Crippen LogP contribution >= 0.6 is 0 Å². The normalized spacial score (nSPS) is 29.1. The van der Waals surface area contributed by atoms with Gasteiger partial charge >= 0.3 is 5.97 Å². The van der Waals surface area contributed by atoms with Crippen LogP contribution in [0.1, 0.15) is 26.7 Å². The van der Waals surface area contributed by atoms with Crippen LogP contribution < -0.4 is 0 Å². The SMILES string of the molecule is CCOC(=O)C1=C(C)OC2C(=O)CCC12. The van der Waals surface area contributed by atoms with E-state index in [4.69, 9.17) is 9.47 Å². The van der Waals surface area contributed by atoms with Crippen molar-refractivity contribution in [2.75, 3.05) is 6.61 Å². The first-order chi connectivity index (χ1) is 7.15. The number of hydrogen-bond acceptors (Lipinski definition) is 4. The van der Waals surface area contributed by atoms with Crippen LogP contribution in [0.3, 0.4) is 0 Å². The van der Waals surface area contributed by atoms with Gasteiger partial charge in [-0.25, -0.2) is 4.79 Å². The van der Waals surface area contributed by atoms with Gasteiger partial charge in [-0.3, -0.25) is 4.79 Å². The van der Waals surface area contributed by atoms with Crippen molar-refractivity contribution in [1.82, 2.24) is 0 Å². The van der Waals surface area contributed by atoms with Crippen LogP contribution in [-0.2, 0) is 19.1 Å². The van der Waals surface area contributed by atoms with Gasteiger partial charge in [0, 0.05) is 12.3 Å². The van der Waals surface area contributed by atoms with Gasteiger partial charge in [0.15, 0.2) is 11.9 Å². The number of fused-ring (bicyclic) bond motifs is 1. The summed E-state index contributed by atoms with van der Waals surface area (Å²) in [7, 11) is 0. The van der Waals surface area contributed by atoms with Crippen molar-refractivity contribution in [2.24, 2.45) is 5.92 Å². The number of allylic oxidation sites excluding steroid dienone is 1. The second-order valence-electron chi connectivity index (χ2n) is 3.84. The molecule has 2 aliphatic rings. The summed E-state index contributed by atoms with van der Waals surface area (Å²) in [5.41, 5.74) is 0.563. The van der Waals surface area contributed by atoms with Crippen LogP contribution in [0.4, 0.5) is 0 Å². The largest absolute Gasteiger partial charge is 0.486 e.